The second kappa shape index (κ2) is 20.4. The molecule has 2 aromatic heterocycles. The van der Waals surface area contributed by atoms with Gasteiger partial charge in [0.15, 0.2) is 0 Å². The second-order valence-corrected chi connectivity index (χ2v) is 15.1. The van der Waals surface area contributed by atoms with Crippen LogP contribution in [-0.2, 0) is 0 Å². The Morgan fingerprint density at radius 3 is 1.54 bits per heavy atom. The predicted octanol–water partition coefficient (Wildman–Crippen LogP) is 12.4. The molecule has 2 aliphatic rings. The smallest absolute Gasteiger partial charge is 0.456 e. The first kappa shape index (κ1) is 39.3. The Morgan fingerprint density at radius 2 is 1.02 bits per heavy atom. The third-order valence-electron chi connectivity index (χ3n) is 9.46. The van der Waals surface area contributed by atoms with Gasteiger partial charge in [-0.15, -0.1) is 0 Å². The van der Waals surface area contributed by atoms with Crippen molar-refractivity contribution in [2.75, 3.05) is 10.7 Å². The molecule has 0 N–H and O–H groups in total. The van der Waals surface area contributed by atoms with E-state index in [-0.39, 0.29) is 18.9 Å². The van der Waals surface area contributed by atoms with E-state index in [0.29, 0.717) is 11.8 Å². The van der Waals surface area contributed by atoms with E-state index in [9.17, 15) is 0 Å². The topological polar surface area (TPSA) is 26.3 Å². The van der Waals surface area contributed by atoms with E-state index >= 15 is 0 Å². The zero-order valence-corrected chi connectivity index (χ0v) is 33.5. The van der Waals surface area contributed by atoms with Crippen LogP contribution < -0.4 is 18.9 Å². The van der Waals surface area contributed by atoms with Gasteiger partial charge in [-0.2, -0.15) is 6.42 Å². The number of fused-ring (bicyclic) bond motifs is 6. The molecule has 0 spiro atoms. The largest absolute Gasteiger partial charge is 1.00 e. The van der Waals surface area contributed by atoms with E-state index in [2.05, 4.69) is 128 Å². The van der Waals surface area contributed by atoms with E-state index in [1.54, 1.807) is 0 Å². The molecule has 2 fully saturated rings. The first-order valence-corrected chi connectivity index (χ1v) is 20.6. The van der Waals surface area contributed by atoms with Crippen LogP contribution in [0.1, 0.15) is 107 Å². The van der Waals surface area contributed by atoms with Gasteiger partial charge < -0.3 is 15.8 Å². The fourth-order valence-corrected chi connectivity index (χ4v) is 7.49. The van der Waals surface area contributed by atoms with Crippen LogP contribution in [0.25, 0.3) is 43.9 Å². The number of rotatable bonds is 4. The zero-order valence-electron chi connectivity index (χ0n) is 28.7. The Labute approximate surface area is 324 Å². The number of halogens is 3. The summed E-state index contributed by atoms with van der Waals surface area (Å²) in [5, 5.41) is 7.09. The van der Waals surface area contributed by atoms with E-state index < -0.39 is 0 Å². The van der Waals surface area contributed by atoms with Crippen LogP contribution in [-0.4, -0.2) is 10.7 Å². The minimum atomic E-state index is 0. The Kier molecular flexibility index (Phi) is 16.7. The van der Waals surface area contributed by atoms with Crippen molar-refractivity contribution < 1.29 is 27.7 Å². The average Bonchev–Trinajstić information content (AvgIpc) is 3.72. The molecule has 0 aliphatic heterocycles. The summed E-state index contributed by atoms with van der Waals surface area (Å²) in [7, 11) is 0. The van der Waals surface area contributed by atoms with Crippen LogP contribution in [0.2, 0.25) is 0 Å². The van der Waals surface area contributed by atoms with Crippen molar-refractivity contribution in [2.45, 2.75) is 95.8 Å². The summed E-state index contributed by atoms with van der Waals surface area (Å²) in [6, 6.07) is 27.9. The van der Waals surface area contributed by atoms with Crippen LogP contribution in [0.3, 0.4) is 0 Å². The molecule has 0 radical (unpaired) electrons. The number of hydrogen-bond donors (Lipinski definition) is 0. The summed E-state index contributed by atoms with van der Waals surface area (Å²) < 4.78 is 13.4. The Morgan fingerprint density at radius 1 is 0.583 bits per heavy atom. The van der Waals surface area contributed by atoms with Crippen molar-refractivity contribution in [2.24, 2.45) is 0 Å². The van der Waals surface area contributed by atoms with Gasteiger partial charge in [0.1, 0.15) is 22.3 Å². The zero-order chi connectivity index (χ0) is 33.0. The van der Waals surface area contributed by atoms with Crippen molar-refractivity contribution in [3.05, 3.63) is 101 Å². The molecule has 0 bridgehead atoms. The molecule has 2 nitrogen and oxygen atoms in total. The van der Waals surface area contributed by atoms with Gasteiger partial charge in [0.05, 0.1) is 4.47 Å². The Hall–Kier alpha value is -1.48. The summed E-state index contributed by atoms with van der Waals surface area (Å²) in [6.07, 6.45) is 15.7. The van der Waals surface area contributed by atoms with E-state index in [1.165, 1.54) is 103 Å². The maximum absolute atomic E-state index is 6.22. The van der Waals surface area contributed by atoms with Gasteiger partial charge >= 0.3 is 18.9 Å². The summed E-state index contributed by atoms with van der Waals surface area (Å²) >= 11 is 10.0. The van der Waals surface area contributed by atoms with Crippen LogP contribution in [0, 0.1) is 6.92 Å². The van der Waals surface area contributed by atoms with E-state index in [1.807, 2.05) is 12.1 Å². The molecular weight excluding hydrogens is 783 g/mol. The second-order valence-electron chi connectivity index (χ2n) is 12.7. The predicted molar refractivity (Wildman–Crippen MR) is 215 cm³/mol. The molecule has 0 atom stereocenters. The molecule has 2 aliphatic carbocycles. The van der Waals surface area contributed by atoms with Crippen molar-refractivity contribution in [1.82, 2.24) is 0 Å². The number of furan rings is 2. The maximum Gasteiger partial charge on any atom is 1.00 e. The van der Waals surface area contributed by atoms with Gasteiger partial charge in [-0.05, 0) is 76.7 Å². The van der Waals surface area contributed by atoms with Crippen LogP contribution in [0.5, 0.6) is 0 Å². The standard InChI is InChI=1S/C18H17BrO.C18H18O.C4H9.C2H4Br2.Li/c19-16-11-5-10-15-14-9-4-8-13(17(14)20-18(15)16)12-6-2-1-3-7-12;1-2-7-13(8-3-1)14-10-6-11-16-15-9-4-5-12-17(15)19-18(14)16;1-3-4-2;3-1-2-4;/h4-5,8-12H,1-3,6-7H2;4-6,9-13H,1-3,7-8H2;1,3-4H2,2H3;1-2H2;/q;;-1;;+1. The van der Waals surface area contributed by atoms with Crippen LogP contribution in [0.4, 0.5) is 0 Å². The van der Waals surface area contributed by atoms with E-state index in [0.717, 1.165) is 43.9 Å². The Balaban J connectivity index is 0.000000175. The van der Waals surface area contributed by atoms with Gasteiger partial charge in [-0.3, -0.25) is 0 Å². The number of alkyl halides is 2. The number of benzene rings is 4. The first-order chi connectivity index (χ1) is 23.1. The monoisotopic (exact) mass is 828 g/mol. The maximum atomic E-state index is 6.22. The molecular formula is C42H48Br3LiO2. The van der Waals surface area contributed by atoms with Gasteiger partial charge in [0.2, 0.25) is 0 Å². The fourth-order valence-electron chi connectivity index (χ4n) is 7.05. The van der Waals surface area contributed by atoms with Crippen molar-refractivity contribution in [1.29, 1.82) is 0 Å². The third-order valence-corrected chi connectivity index (χ3v) is 11.9. The molecule has 250 valence electrons. The Bertz CT molecular complexity index is 1820. The normalized spacial score (nSPS) is 15.2. The van der Waals surface area contributed by atoms with Crippen molar-refractivity contribution in [3.63, 3.8) is 0 Å². The van der Waals surface area contributed by atoms with Gasteiger partial charge in [-0.1, -0.05) is 150 Å². The minimum absolute atomic E-state index is 0. The van der Waals surface area contributed by atoms with Gasteiger partial charge in [0, 0.05) is 32.2 Å². The summed E-state index contributed by atoms with van der Waals surface area (Å²) in [5.41, 5.74) is 7.04. The number of unbranched alkanes of at least 4 members (excludes halogenated alkanes) is 1. The first-order valence-electron chi connectivity index (χ1n) is 17.5. The van der Waals surface area contributed by atoms with Crippen LogP contribution in [0.15, 0.2) is 92.2 Å². The minimum Gasteiger partial charge on any atom is -0.456 e. The molecule has 0 amide bonds. The number of hydrogen-bond acceptors (Lipinski definition) is 2. The quantitative estimate of drug-likeness (QED) is 0.100. The molecule has 6 heteroatoms. The SMILES string of the molecule is BrCCBr.Brc1cccc2c1oc1c(C3CCCCC3)cccc12.[CH2-]CCC.[Li+].c1ccc2c(c1)oc1c(C3CCCCC3)cccc12. The van der Waals surface area contributed by atoms with Crippen LogP contribution >= 0.6 is 47.8 Å². The molecule has 48 heavy (non-hydrogen) atoms. The number of para-hydroxylation sites is 4. The molecule has 0 unspecified atom stereocenters. The summed E-state index contributed by atoms with van der Waals surface area (Å²) in [5.74, 6) is 1.37. The third kappa shape index (κ3) is 9.64. The summed E-state index contributed by atoms with van der Waals surface area (Å²) in [6.45, 7) is 5.72. The van der Waals surface area contributed by atoms with Crippen molar-refractivity contribution >= 4 is 91.7 Å². The summed E-state index contributed by atoms with van der Waals surface area (Å²) in [4.78, 5) is 0. The molecule has 8 rings (SSSR count). The molecule has 4 aromatic carbocycles. The molecule has 6 aromatic rings. The fraction of sp³-hybridized carbons (Fsp3) is 0.405. The molecule has 0 saturated heterocycles. The average molecular weight is 831 g/mol. The van der Waals surface area contributed by atoms with Gasteiger partial charge in [0.25, 0.3) is 0 Å². The molecule has 2 heterocycles. The van der Waals surface area contributed by atoms with E-state index in [4.69, 9.17) is 8.83 Å². The van der Waals surface area contributed by atoms with Crippen molar-refractivity contribution in [3.8, 4) is 0 Å². The molecule has 2 saturated carbocycles. The van der Waals surface area contributed by atoms with Gasteiger partial charge in [-0.25, -0.2) is 0 Å².